The Kier molecular flexibility index (Phi) is 9.21. The highest BCUT2D eigenvalue weighted by Crippen LogP contribution is 2.11. The van der Waals surface area contributed by atoms with Gasteiger partial charge in [-0.25, -0.2) is 9.59 Å². The fraction of sp³-hybridized carbons (Fsp3) is 0.800. The molecule has 128 valence electrons. The molecule has 0 aromatic rings. The van der Waals surface area contributed by atoms with Crippen molar-refractivity contribution in [2.24, 2.45) is 11.8 Å². The Bertz CT molecular complexity index is 384. The van der Waals surface area contributed by atoms with E-state index >= 15 is 0 Å². The predicted octanol–water partition coefficient (Wildman–Crippen LogP) is 1.46. The van der Waals surface area contributed by atoms with Gasteiger partial charge in [0.1, 0.15) is 12.1 Å². The molecule has 0 saturated carbocycles. The number of hydrogen-bond acceptors (Lipinski definition) is 5. The number of alkyl carbamates (subject to hydrolysis) is 1. The average Bonchev–Trinajstić information content (AvgIpc) is 2.49. The summed E-state index contributed by atoms with van der Waals surface area (Å²) in [6.45, 7) is 7.65. The zero-order chi connectivity index (χ0) is 17.3. The Hall–Kier alpha value is -1.79. The molecule has 3 unspecified atom stereocenters. The summed E-state index contributed by atoms with van der Waals surface area (Å²) in [4.78, 5) is 35.6. The summed E-state index contributed by atoms with van der Waals surface area (Å²) in [5.74, 6) is -0.804. The van der Waals surface area contributed by atoms with Crippen molar-refractivity contribution in [2.45, 2.75) is 52.6 Å². The second kappa shape index (κ2) is 10.0. The van der Waals surface area contributed by atoms with E-state index in [-0.39, 0.29) is 11.8 Å². The summed E-state index contributed by atoms with van der Waals surface area (Å²) in [6.07, 6.45) is 0.466. The Morgan fingerprint density at radius 2 is 1.59 bits per heavy atom. The van der Waals surface area contributed by atoms with Crippen LogP contribution in [-0.4, -0.2) is 44.3 Å². The maximum Gasteiger partial charge on any atom is 0.407 e. The van der Waals surface area contributed by atoms with Gasteiger partial charge in [-0.05, 0) is 18.3 Å². The minimum absolute atomic E-state index is 0.0748. The van der Waals surface area contributed by atoms with E-state index in [2.05, 4.69) is 15.4 Å². The second-order valence-electron chi connectivity index (χ2n) is 5.71. The number of carbonyl (C=O) groups excluding carboxylic acids is 3. The summed E-state index contributed by atoms with van der Waals surface area (Å²) in [6, 6.07) is -1.50. The van der Waals surface area contributed by atoms with Gasteiger partial charge < -0.3 is 20.1 Å². The molecule has 7 nitrogen and oxygen atoms in total. The third-order valence-electron chi connectivity index (χ3n) is 3.47. The number of hydrogen-bond donors (Lipinski definition) is 2. The van der Waals surface area contributed by atoms with Crippen molar-refractivity contribution in [1.29, 1.82) is 0 Å². The van der Waals surface area contributed by atoms with Crippen LogP contribution in [0.15, 0.2) is 0 Å². The van der Waals surface area contributed by atoms with Gasteiger partial charge in [0.05, 0.1) is 14.2 Å². The van der Waals surface area contributed by atoms with E-state index in [0.717, 1.165) is 0 Å². The number of methoxy groups -OCH3 is 2. The normalized spacial score (nSPS) is 14.7. The molecule has 2 amide bonds. The third-order valence-corrected chi connectivity index (χ3v) is 3.47. The van der Waals surface area contributed by atoms with Crippen LogP contribution in [0.1, 0.15) is 40.5 Å². The Balaban J connectivity index is 5.02. The maximum absolute atomic E-state index is 12.4. The van der Waals surface area contributed by atoms with Crippen LogP contribution in [0.3, 0.4) is 0 Å². The maximum atomic E-state index is 12.4. The van der Waals surface area contributed by atoms with Crippen LogP contribution in [0.4, 0.5) is 4.79 Å². The zero-order valence-corrected chi connectivity index (χ0v) is 14.3. The lowest BCUT2D eigenvalue weighted by Crippen LogP contribution is -2.54. The molecule has 0 saturated heterocycles. The van der Waals surface area contributed by atoms with Gasteiger partial charge in [0.25, 0.3) is 0 Å². The summed E-state index contributed by atoms with van der Waals surface area (Å²) in [7, 11) is 2.51. The summed E-state index contributed by atoms with van der Waals surface area (Å²) in [5, 5.41) is 5.16. The van der Waals surface area contributed by atoms with E-state index in [1.54, 1.807) is 0 Å². The fourth-order valence-corrected chi connectivity index (χ4v) is 1.95. The van der Waals surface area contributed by atoms with Crippen LogP contribution in [0.25, 0.3) is 0 Å². The molecule has 3 atom stereocenters. The number of carbonyl (C=O) groups is 3. The SMILES string of the molecule is CCC(C)C(NC(=O)C(CC(C)C)NC(=O)OC)C(=O)OC. The second-order valence-corrected chi connectivity index (χ2v) is 5.71. The van der Waals surface area contributed by atoms with Crippen LogP contribution < -0.4 is 10.6 Å². The molecule has 0 heterocycles. The van der Waals surface area contributed by atoms with E-state index in [4.69, 9.17) is 4.74 Å². The van der Waals surface area contributed by atoms with Crippen molar-refractivity contribution in [3.63, 3.8) is 0 Å². The molecule has 0 rings (SSSR count). The summed E-state index contributed by atoms with van der Waals surface area (Å²) < 4.78 is 9.27. The van der Waals surface area contributed by atoms with E-state index in [9.17, 15) is 14.4 Å². The smallest absolute Gasteiger partial charge is 0.407 e. The van der Waals surface area contributed by atoms with Crippen LogP contribution >= 0.6 is 0 Å². The standard InChI is InChI=1S/C15H28N2O5/c1-7-10(4)12(14(19)21-5)17-13(18)11(8-9(2)3)16-15(20)22-6/h9-12H,7-8H2,1-6H3,(H,16,20)(H,17,18). The zero-order valence-electron chi connectivity index (χ0n) is 14.3. The van der Waals surface area contributed by atoms with Crippen molar-refractivity contribution in [3.05, 3.63) is 0 Å². The minimum Gasteiger partial charge on any atom is -0.467 e. The van der Waals surface area contributed by atoms with Gasteiger partial charge in [-0.2, -0.15) is 0 Å². The van der Waals surface area contributed by atoms with Crippen LogP contribution in [0.5, 0.6) is 0 Å². The molecule has 22 heavy (non-hydrogen) atoms. The minimum atomic E-state index is -0.760. The molecule has 0 fully saturated rings. The lowest BCUT2D eigenvalue weighted by Gasteiger charge is -2.25. The van der Waals surface area contributed by atoms with E-state index in [0.29, 0.717) is 12.8 Å². The van der Waals surface area contributed by atoms with Crippen LogP contribution in [-0.2, 0) is 19.1 Å². The molecular weight excluding hydrogens is 288 g/mol. The Morgan fingerprint density at radius 1 is 1.00 bits per heavy atom. The topological polar surface area (TPSA) is 93.7 Å². The first-order valence-electron chi connectivity index (χ1n) is 7.49. The van der Waals surface area contributed by atoms with Gasteiger partial charge in [-0.1, -0.05) is 34.1 Å². The largest absolute Gasteiger partial charge is 0.467 e. The molecule has 0 aromatic heterocycles. The van der Waals surface area contributed by atoms with Crippen molar-refractivity contribution in [1.82, 2.24) is 10.6 Å². The lowest BCUT2D eigenvalue weighted by molar-refractivity contribution is -0.146. The molecule has 0 aliphatic rings. The average molecular weight is 316 g/mol. The molecular formula is C15H28N2O5. The number of esters is 1. The van der Waals surface area contributed by atoms with Gasteiger partial charge in [0.15, 0.2) is 0 Å². The quantitative estimate of drug-likeness (QED) is 0.661. The van der Waals surface area contributed by atoms with Crippen LogP contribution in [0.2, 0.25) is 0 Å². The van der Waals surface area contributed by atoms with Crippen molar-refractivity contribution < 1.29 is 23.9 Å². The van der Waals surface area contributed by atoms with E-state index in [1.807, 2.05) is 27.7 Å². The van der Waals surface area contributed by atoms with Gasteiger partial charge in [0.2, 0.25) is 5.91 Å². The molecule has 7 heteroatoms. The molecule has 0 bridgehead atoms. The van der Waals surface area contributed by atoms with Crippen molar-refractivity contribution in [2.75, 3.05) is 14.2 Å². The fourth-order valence-electron chi connectivity index (χ4n) is 1.95. The highest BCUT2D eigenvalue weighted by atomic mass is 16.5. The Morgan fingerprint density at radius 3 is 2.00 bits per heavy atom. The first-order valence-corrected chi connectivity index (χ1v) is 7.49. The first-order chi connectivity index (χ1) is 10.3. The highest BCUT2D eigenvalue weighted by Gasteiger charge is 2.30. The summed E-state index contributed by atoms with van der Waals surface area (Å²) in [5.41, 5.74) is 0. The number of nitrogens with one attached hydrogen (secondary N) is 2. The molecule has 0 aliphatic heterocycles. The van der Waals surface area contributed by atoms with Crippen molar-refractivity contribution >= 4 is 18.0 Å². The number of rotatable bonds is 8. The number of amides is 2. The molecule has 0 radical (unpaired) electrons. The molecule has 0 aromatic carbocycles. The Labute approximate surface area is 132 Å². The van der Waals surface area contributed by atoms with Gasteiger partial charge in [0, 0.05) is 0 Å². The van der Waals surface area contributed by atoms with Crippen molar-refractivity contribution in [3.8, 4) is 0 Å². The van der Waals surface area contributed by atoms with E-state index in [1.165, 1.54) is 14.2 Å². The monoisotopic (exact) mass is 316 g/mol. The molecule has 0 spiro atoms. The van der Waals surface area contributed by atoms with Gasteiger partial charge in [-0.15, -0.1) is 0 Å². The lowest BCUT2D eigenvalue weighted by atomic mass is 9.97. The molecule has 2 N–H and O–H groups in total. The first kappa shape index (κ1) is 20.2. The van der Waals surface area contributed by atoms with Gasteiger partial charge in [-0.3, -0.25) is 4.79 Å². The van der Waals surface area contributed by atoms with Gasteiger partial charge >= 0.3 is 12.1 Å². The number of ether oxygens (including phenoxy) is 2. The highest BCUT2D eigenvalue weighted by molar-refractivity contribution is 5.89. The van der Waals surface area contributed by atoms with E-state index < -0.39 is 30.1 Å². The van der Waals surface area contributed by atoms with Crippen LogP contribution in [0, 0.1) is 11.8 Å². The summed E-state index contributed by atoms with van der Waals surface area (Å²) >= 11 is 0. The predicted molar refractivity (Wildman–Crippen MR) is 82.2 cm³/mol. The molecule has 0 aliphatic carbocycles. The third kappa shape index (κ3) is 6.78.